The first kappa shape index (κ1) is 18.2. The molecule has 0 bridgehead atoms. The van der Waals surface area contributed by atoms with Crippen molar-refractivity contribution in [3.05, 3.63) is 60.3 Å². The summed E-state index contributed by atoms with van der Waals surface area (Å²) in [5.41, 5.74) is 4.19. The van der Waals surface area contributed by atoms with Gasteiger partial charge in [0.1, 0.15) is 5.52 Å². The van der Waals surface area contributed by atoms with Crippen LogP contribution in [-0.2, 0) is 4.79 Å². The second kappa shape index (κ2) is 7.52. The fourth-order valence-corrected chi connectivity index (χ4v) is 4.79. The van der Waals surface area contributed by atoms with E-state index in [1.807, 2.05) is 12.1 Å². The molecule has 0 atom stereocenters. The highest BCUT2D eigenvalue weighted by atomic mass is 32.2. The summed E-state index contributed by atoms with van der Waals surface area (Å²) in [6.07, 6.45) is 5.11. The minimum Gasteiger partial charge on any atom is -0.481 e. The second-order valence-electron chi connectivity index (χ2n) is 7.42. The fraction of sp³-hybridized carbons (Fsp3) is 0.261. The number of aromatic nitrogens is 3. The maximum Gasteiger partial charge on any atom is 0.303 e. The maximum atomic E-state index is 10.8. The third-order valence-electron chi connectivity index (χ3n) is 5.34. The standard InChI is InChI=1S/C23H21N3O2S/c27-21(28)8-4-14-29-23-25-19-7-3-13-24-22(19)26(23)20-12-11-16(15-9-10-15)17-5-1-2-6-18(17)20/h1-3,5-7,11-13,15H,4,8-10,14H2,(H,27,28). The normalized spacial score (nSPS) is 13.9. The number of imidazole rings is 1. The Morgan fingerprint density at radius 2 is 1.93 bits per heavy atom. The van der Waals surface area contributed by atoms with Crippen LogP contribution in [0.15, 0.2) is 59.9 Å². The van der Waals surface area contributed by atoms with Gasteiger partial charge in [0, 0.05) is 23.8 Å². The van der Waals surface area contributed by atoms with E-state index in [2.05, 4.69) is 45.9 Å². The Bertz CT molecular complexity index is 1210. The zero-order valence-corrected chi connectivity index (χ0v) is 16.7. The number of thioether (sulfide) groups is 1. The lowest BCUT2D eigenvalue weighted by molar-refractivity contribution is -0.137. The van der Waals surface area contributed by atoms with E-state index < -0.39 is 5.97 Å². The first-order valence-corrected chi connectivity index (χ1v) is 10.9. The highest BCUT2D eigenvalue weighted by Gasteiger charge is 2.26. The third kappa shape index (κ3) is 3.49. The number of aliphatic carboxylic acids is 1. The Kier molecular flexibility index (Phi) is 4.72. The quantitative estimate of drug-likeness (QED) is 0.330. The van der Waals surface area contributed by atoms with Crippen molar-refractivity contribution < 1.29 is 9.90 Å². The molecule has 146 valence electrons. The van der Waals surface area contributed by atoms with Crippen LogP contribution in [-0.4, -0.2) is 31.4 Å². The molecule has 0 unspecified atom stereocenters. The molecular formula is C23H21N3O2S. The lowest BCUT2D eigenvalue weighted by Crippen LogP contribution is -2.01. The van der Waals surface area contributed by atoms with Crippen molar-refractivity contribution in [3.63, 3.8) is 0 Å². The molecule has 4 aromatic rings. The predicted octanol–water partition coefficient (Wildman–Crippen LogP) is 5.41. The summed E-state index contributed by atoms with van der Waals surface area (Å²) >= 11 is 1.59. The van der Waals surface area contributed by atoms with E-state index in [1.54, 1.807) is 18.0 Å². The second-order valence-corrected chi connectivity index (χ2v) is 8.48. The van der Waals surface area contributed by atoms with Crippen LogP contribution in [0.5, 0.6) is 0 Å². The minimum atomic E-state index is -0.762. The van der Waals surface area contributed by atoms with E-state index in [0.717, 1.165) is 22.0 Å². The molecule has 1 fully saturated rings. The van der Waals surface area contributed by atoms with Crippen LogP contribution in [0.4, 0.5) is 0 Å². The van der Waals surface area contributed by atoms with Crippen LogP contribution in [0.2, 0.25) is 0 Å². The van der Waals surface area contributed by atoms with E-state index in [9.17, 15) is 4.79 Å². The molecule has 2 aromatic carbocycles. The van der Waals surface area contributed by atoms with E-state index in [-0.39, 0.29) is 6.42 Å². The third-order valence-corrected chi connectivity index (χ3v) is 6.37. The molecule has 1 aliphatic rings. The Morgan fingerprint density at radius 1 is 1.10 bits per heavy atom. The topological polar surface area (TPSA) is 68.0 Å². The molecule has 0 radical (unpaired) electrons. The zero-order valence-electron chi connectivity index (χ0n) is 15.9. The molecule has 5 rings (SSSR count). The molecule has 2 aromatic heterocycles. The van der Waals surface area contributed by atoms with Gasteiger partial charge in [-0.2, -0.15) is 0 Å². The van der Waals surface area contributed by atoms with Crippen LogP contribution in [0.1, 0.15) is 37.2 Å². The van der Waals surface area contributed by atoms with Gasteiger partial charge in [-0.25, -0.2) is 9.97 Å². The van der Waals surface area contributed by atoms with Crippen LogP contribution in [0, 0.1) is 0 Å². The Labute approximate surface area is 172 Å². The van der Waals surface area contributed by atoms with Crippen molar-refractivity contribution in [3.8, 4) is 5.69 Å². The minimum absolute atomic E-state index is 0.171. The summed E-state index contributed by atoms with van der Waals surface area (Å²) in [5, 5.41) is 12.3. The van der Waals surface area contributed by atoms with Gasteiger partial charge in [0.25, 0.3) is 0 Å². The van der Waals surface area contributed by atoms with E-state index >= 15 is 0 Å². The summed E-state index contributed by atoms with van der Waals surface area (Å²) in [6.45, 7) is 0. The van der Waals surface area contributed by atoms with E-state index in [4.69, 9.17) is 10.1 Å². The average Bonchev–Trinajstić information content (AvgIpc) is 3.51. The predicted molar refractivity (Wildman–Crippen MR) is 116 cm³/mol. The number of hydrogen-bond acceptors (Lipinski definition) is 4. The van der Waals surface area contributed by atoms with Crippen molar-refractivity contribution in [2.45, 2.75) is 36.8 Å². The van der Waals surface area contributed by atoms with Crippen LogP contribution < -0.4 is 0 Å². The fourth-order valence-electron chi connectivity index (χ4n) is 3.84. The molecule has 0 amide bonds. The molecule has 0 spiro atoms. The largest absolute Gasteiger partial charge is 0.481 e. The Balaban J connectivity index is 1.63. The molecule has 1 saturated carbocycles. The summed E-state index contributed by atoms with van der Waals surface area (Å²) in [4.78, 5) is 20.2. The summed E-state index contributed by atoms with van der Waals surface area (Å²) in [7, 11) is 0. The number of rotatable bonds is 7. The van der Waals surface area contributed by atoms with Gasteiger partial charge in [-0.3, -0.25) is 9.36 Å². The van der Waals surface area contributed by atoms with Gasteiger partial charge in [0.15, 0.2) is 10.8 Å². The smallest absolute Gasteiger partial charge is 0.303 e. The molecule has 6 heteroatoms. The van der Waals surface area contributed by atoms with Crippen molar-refractivity contribution in [1.29, 1.82) is 0 Å². The number of fused-ring (bicyclic) bond motifs is 2. The van der Waals surface area contributed by atoms with Gasteiger partial charge < -0.3 is 5.11 Å². The molecule has 1 N–H and O–H groups in total. The molecular weight excluding hydrogens is 382 g/mol. The highest BCUT2D eigenvalue weighted by Crippen LogP contribution is 2.44. The number of carboxylic acids is 1. The number of benzene rings is 2. The van der Waals surface area contributed by atoms with Crippen molar-refractivity contribution >= 4 is 39.7 Å². The zero-order chi connectivity index (χ0) is 19.8. The summed E-state index contributed by atoms with van der Waals surface area (Å²) in [6, 6.07) is 16.9. The van der Waals surface area contributed by atoms with Crippen molar-refractivity contribution in [2.24, 2.45) is 0 Å². The van der Waals surface area contributed by atoms with Crippen LogP contribution in [0.3, 0.4) is 0 Å². The lowest BCUT2D eigenvalue weighted by Gasteiger charge is -2.14. The van der Waals surface area contributed by atoms with Crippen LogP contribution in [0.25, 0.3) is 27.6 Å². The first-order chi connectivity index (χ1) is 14.2. The van der Waals surface area contributed by atoms with E-state index in [0.29, 0.717) is 18.1 Å². The van der Waals surface area contributed by atoms with Gasteiger partial charge in [-0.05, 0) is 54.3 Å². The van der Waals surface area contributed by atoms with Crippen molar-refractivity contribution in [2.75, 3.05) is 5.75 Å². The molecule has 5 nitrogen and oxygen atoms in total. The molecule has 1 aliphatic carbocycles. The highest BCUT2D eigenvalue weighted by molar-refractivity contribution is 7.99. The average molecular weight is 404 g/mol. The van der Waals surface area contributed by atoms with Crippen LogP contribution >= 0.6 is 11.8 Å². The van der Waals surface area contributed by atoms with Gasteiger partial charge in [0.05, 0.1) is 5.69 Å². The Hall–Kier alpha value is -2.86. The summed E-state index contributed by atoms with van der Waals surface area (Å²) in [5.74, 6) is 0.618. The number of carbonyl (C=O) groups is 1. The van der Waals surface area contributed by atoms with Gasteiger partial charge in [-0.1, -0.05) is 42.1 Å². The molecule has 0 aliphatic heterocycles. The monoisotopic (exact) mass is 403 g/mol. The Morgan fingerprint density at radius 3 is 2.72 bits per heavy atom. The number of carboxylic acid groups (broad SMARTS) is 1. The van der Waals surface area contributed by atoms with Gasteiger partial charge in [-0.15, -0.1) is 0 Å². The van der Waals surface area contributed by atoms with Gasteiger partial charge in [0.2, 0.25) is 0 Å². The maximum absolute atomic E-state index is 10.8. The molecule has 2 heterocycles. The SMILES string of the molecule is O=C(O)CCCSc1nc2cccnc2n1-c1ccc(C2CC2)c2ccccc12. The molecule has 29 heavy (non-hydrogen) atoms. The number of pyridine rings is 1. The first-order valence-electron chi connectivity index (χ1n) is 9.92. The van der Waals surface area contributed by atoms with Gasteiger partial charge >= 0.3 is 5.97 Å². The van der Waals surface area contributed by atoms with E-state index in [1.165, 1.54) is 29.2 Å². The molecule has 0 saturated heterocycles. The number of hydrogen-bond donors (Lipinski definition) is 1. The number of nitrogens with zero attached hydrogens (tertiary/aromatic N) is 3. The lowest BCUT2D eigenvalue weighted by atomic mass is 9.99. The van der Waals surface area contributed by atoms with Crippen molar-refractivity contribution in [1.82, 2.24) is 14.5 Å². The summed E-state index contributed by atoms with van der Waals surface area (Å²) < 4.78 is 2.12.